The number of hydrogen-bond acceptors (Lipinski definition) is 1. The van der Waals surface area contributed by atoms with Gasteiger partial charge in [0.1, 0.15) is 0 Å². The van der Waals surface area contributed by atoms with Crippen LogP contribution in [0.3, 0.4) is 0 Å². The van der Waals surface area contributed by atoms with Crippen molar-refractivity contribution in [3.05, 3.63) is 124 Å². The molecule has 0 aromatic heterocycles. The molecule has 0 bridgehead atoms. The van der Waals surface area contributed by atoms with Crippen molar-refractivity contribution in [1.29, 1.82) is 0 Å². The summed E-state index contributed by atoms with van der Waals surface area (Å²) >= 11 is 0. The van der Waals surface area contributed by atoms with Crippen molar-refractivity contribution in [1.82, 2.24) is 0 Å². The van der Waals surface area contributed by atoms with E-state index in [2.05, 4.69) is 55.6 Å². The molecule has 0 unspecified atom stereocenters. The molecule has 0 aliphatic heterocycles. The molecule has 2 nitrogen and oxygen atoms in total. The van der Waals surface area contributed by atoms with Crippen molar-refractivity contribution in [2.24, 2.45) is 0 Å². The van der Waals surface area contributed by atoms with Gasteiger partial charge >= 0.3 is 21.7 Å². The summed E-state index contributed by atoms with van der Waals surface area (Å²) in [6.07, 6.45) is 3.28. The van der Waals surface area contributed by atoms with E-state index in [0.717, 1.165) is 0 Å². The molecule has 0 heterocycles. The van der Waals surface area contributed by atoms with Crippen molar-refractivity contribution in [3.63, 3.8) is 0 Å². The summed E-state index contributed by atoms with van der Waals surface area (Å²) in [5, 5.41) is 2.66. The minimum absolute atomic E-state index is 0. The molecule has 1 N–H and O–H groups in total. The van der Waals surface area contributed by atoms with E-state index in [1.54, 1.807) is 36.4 Å². The normalized spacial score (nSPS) is 7.38. The van der Waals surface area contributed by atoms with Gasteiger partial charge in [-0.2, -0.15) is 17.5 Å². The average Bonchev–Trinajstić information content (AvgIpc) is 3.05. The first-order chi connectivity index (χ1) is 10.7. The van der Waals surface area contributed by atoms with E-state index in [4.69, 9.17) is 5.73 Å². The first-order valence-electron chi connectivity index (χ1n) is 6.84. The van der Waals surface area contributed by atoms with E-state index in [1.807, 2.05) is 6.07 Å². The Morgan fingerprint density at radius 3 is 1.81 bits per heavy atom. The van der Waals surface area contributed by atoms with Crippen LogP contribution in [0.25, 0.3) is 16.5 Å². The maximum Gasteiger partial charge on any atom is 4.00 e. The topological polar surface area (TPSA) is 40.9 Å². The van der Waals surface area contributed by atoms with Gasteiger partial charge in [0.2, 0.25) is 0 Å². The Morgan fingerprint density at radius 2 is 1.38 bits per heavy atom. The number of benzene rings is 2. The first kappa shape index (κ1) is 31.7. The van der Waals surface area contributed by atoms with Gasteiger partial charge in [0.25, 0.3) is 0 Å². The molecule has 1 amide bonds. The molecule has 0 aliphatic carbocycles. The van der Waals surface area contributed by atoms with Crippen LogP contribution in [0.4, 0.5) is 0 Å². The Bertz CT molecular complexity index is 687. The zero-order valence-corrected chi connectivity index (χ0v) is 18.0. The Morgan fingerprint density at radius 1 is 0.885 bits per heavy atom. The Hall–Kier alpha value is -2.07. The quantitative estimate of drug-likeness (QED) is 0.285. The minimum atomic E-state index is -0.629. The standard InChI is InChI=1S/C9H7.C7H7NO.C4H6.2CH3.Si.Ti/c1-2-5-9-7-3-6-8(9)4-1;8-7(9)6-4-2-1-3-5-6;1-3-4-2;;;;/h1-7H;1-5H,(H2,8,9);3-4H,1-2H2;2*1H3;;/q-1;;;2*-1;;+4/p-1. The predicted octanol–water partition coefficient (Wildman–Crippen LogP) is 6.31. The smallest absolute Gasteiger partial charge is 0.664 e. The van der Waals surface area contributed by atoms with E-state index >= 15 is 0 Å². The van der Waals surface area contributed by atoms with E-state index in [-0.39, 0.29) is 47.5 Å². The van der Waals surface area contributed by atoms with E-state index in [9.17, 15) is 4.79 Å². The zero-order valence-electron chi connectivity index (χ0n) is 15.4. The Balaban J connectivity index is -0.000000138. The van der Waals surface area contributed by atoms with Gasteiger partial charge in [-0.05, 0) is 5.56 Å². The Kier molecular flexibility index (Phi) is 23.5. The van der Waals surface area contributed by atoms with Crippen molar-refractivity contribution in [2.75, 3.05) is 0 Å². The van der Waals surface area contributed by atoms with Crippen molar-refractivity contribution in [3.8, 4) is 0 Å². The molecule has 3 aromatic rings. The molecule has 4 heteroatoms. The van der Waals surface area contributed by atoms with Gasteiger partial charge in [-0.1, -0.05) is 61.7 Å². The molecule has 4 radical (unpaired) electrons. The fraction of sp³-hybridized carbons (Fsp3) is 0. The van der Waals surface area contributed by atoms with Crippen molar-refractivity contribution >= 4 is 27.6 Å². The third kappa shape index (κ3) is 12.3. The third-order valence-corrected chi connectivity index (χ3v) is 2.75. The summed E-state index contributed by atoms with van der Waals surface area (Å²) in [4.78, 5) is 10.3. The van der Waals surface area contributed by atoms with Gasteiger partial charge in [-0.25, -0.2) is 0 Å². The van der Waals surface area contributed by atoms with E-state index < -0.39 is 5.91 Å². The van der Waals surface area contributed by atoms with Crippen LogP contribution < -0.4 is 0 Å². The van der Waals surface area contributed by atoms with Gasteiger partial charge in [0, 0.05) is 11.0 Å². The molecule has 0 fully saturated rings. The number of nitrogens with one attached hydrogen (secondary N) is 1. The molecule has 3 aromatic carbocycles. The number of amides is 1. The number of carbonyl (C=O) groups excluding carboxylic acids is 1. The molecule has 132 valence electrons. The fourth-order valence-corrected chi connectivity index (χ4v) is 1.66. The second-order valence-electron chi connectivity index (χ2n) is 4.32. The van der Waals surface area contributed by atoms with E-state index in [0.29, 0.717) is 5.56 Å². The van der Waals surface area contributed by atoms with Crippen LogP contribution in [0.1, 0.15) is 10.4 Å². The molecule has 0 aliphatic rings. The van der Waals surface area contributed by atoms with Crippen LogP contribution in [0.15, 0.2) is 98.1 Å². The molecule has 26 heavy (non-hydrogen) atoms. The second-order valence-corrected chi connectivity index (χ2v) is 4.32. The Labute approximate surface area is 178 Å². The summed E-state index contributed by atoms with van der Waals surface area (Å²) < 4.78 is 0. The summed E-state index contributed by atoms with van der Waals surface area (Å²) in [6, 6.07) is 23.2. The number of rotatable bonds is 2. The fourth-order valence-electron chi connectivity index (χ4n) is 1.66. The maximum atomic E-state index is 10.3. The summed E-state index contributed by atoms with van der Waals surface area (Å²) in [5.41, 5.74) is 7.12. The molecular formula is C22H25NOSiTi. The first-order valence-corrected chi connectivity index (χ1v) is 6.84. The van der Waals surface area contributed by atoms with E-state index in [1.165, 1.54) is 10.8 Å². The molecule has 0 saturated carbocycles. The minimum Gasteiger partial charge on any atom is -0.664 e. The third-order valence-electron chi connectivity index (χ3n) is 2.75. The molecule has 0 saturated heterocycles. The molecule has 3 rings (SSSR count). The van der Waals surface area contributed by atoms with Crippen LogP contribution in [0.2, 0.25) is 0 Å². The van der Waals surface area contributed by atoms with Crippen molar-refractivity contribution in [2.45, 2.75) is 0 Å². The largest absolute Gasteiger partial charge is 4.00 e. The second kappa shape index (κ2) is 19.3. The average molecular weight is 395 g/mol. The zero-order chi connectivity index (χ0) is 16.2. The van der Waals surface area contributed by atoms with Crippen molar-refractivity contribution < 1.29 is 26.5 Å². The number of allylic oxidation sites excluding steroid dienone is 2. The van der Waals surface area contributed by atoms with Gasteiger partial charge in [-0.15, -0.1) is 29.7 Å². The van der Waals surface area contributed by atoms with Gasteiger partial charge in [-0.3, -0.25) is 0 Å². The van der Waals surface area contributed by atoms with Crippen LogP contribution >= 0.6 is 0 Å². The number of fused-ring (bicyclic) bond motifs is 1. The number of hydrogen-bond donors (Lipinski definition) is 0. The van der Waals surface area contributed by atoms with Crippen LogP contribution in [-0.4, -0.2) is 16.9 Å². The monoisotopic (exact) mass is 395 g/mol. The maximum absolute atomic E-state index is 10.3. The molecule has 0 atom stereocenters. The summed E-state index contributed by atoms with van der Waals surface area (Å²) in [5.74, 6) is -0.629. The van der Waals surface area contributed by atoms with Crippen LogP contribution in [-0.2, 0) is 21.7 Å². The van der Waals surface area contributed by atoms with Gasteiger partial charge < -0.3 is 25.4 Å². The van der Waals surface area contributed by atoms with Crippen LogP contribution in [0, 0.1) is 14.9 Å². The van der Waals surface area contributed by atoms with Crippen LogP contribution in [0.5, 0.6) is 0 Å². The molecule has 0 spiro atoms. The summed E-state index contributed by atoms with van der Waals surface area (Å²) in [6.45, 7) is 6.72. The SMILES string of the molecule is C=CC=C.[CH3-].[CH3-].[NH-]C(=O)c1ccccc1.[Si].[Ti+4].c1ccc2[cH-]ccc2c1. The number of carbonyl (C=O) groups is 1. The predicted molar refractivity (Wildman–Crippen MR) is 114 cm³/mol. The van der Waals surface area contributed by atoms with Gasteiger partial charge in [0.15, 0.2) is 0 Å². The molecular weight excluding hydrogens is 370 g/mol. The summed E-state index contributed by atoms with van der Waals surface area (Å²) in [7, 11) is 0. The van der Waals surface area contributed by atoms with Gasteiger partial charge in [0.05, 0.1) is 5.91 Å².